The molecule has 192 valence electrons. The predicted octanol–water partition coefficient (Wildman–Crippen LogP) is 4.19. The summed E-state index contributed by atoms with van der Waals surface area (Å²) < 4.78 is 28.4. The number of aliphatic imine (C=N–C) groups is 1. The predicted molar refractivity (Wildman–Crippen MR) is 145 cm³/mol. The quantitative estimate of drug-likeness (QED) is 0.422. The van der Waals surface area contributed by atoms with Gasteiger partial charge in [0.1, 0.15) is 29.3 Å². The number of carbonyl (C=O) groups is 2. The van der Waals surface area contributed by atoms with Crippen molar-refractivity contribution in [3.05, 3.63) is 75.7 Å². The SMILES string of the molecule is O=C(N[C@H]1CC[C@@H](NC(=O)C2CN3C=C(F)C=CC3=N2)CC1)c1cc(F)cnc1Nc1cccc(I)c1. The number of aromatic nitrogens is 1. The first kappa shape index (κ1) is 25.3. The van der Waals surface area contributed by atoms with Gasteiger partial charge in [-0.3, -0.25) is 14.6 Å². The highest BCUT2D eigenvalue weighted by Gasteiger charge is 2.32. The molecule has 1 atom stereocenters. The van der Waals surface area contributed by atoms with Gasteiger partial charge in [-0.05, 0) is 84.7 Å². The van der Waals surface area contributed by atoms with Crippen LogP contribution in [0.25, 0.3) is 0 Å². The van der Waals surface area contributed by atoms with E-state index in [0.29, 0.717) is 38.1 Å². The van der Waals surface area contributed by atoms with Gasteiger partial charge in [-0.2, -0.15) is 0 Å². The Morgan fingerprint density at radius 1 is 1.03 bits per heavy atom. The Kier molecular flexibility index (Phi) is 7.49. The number of nitrogens with zero attached hydrogens (tertiary/aromatic N) is 3. The zero-order valence-electron chi connectivity index (χ0n) is 19.8. The third-order valence-corrected chi connectivity index (χ3v) is 7.19. The number of hydrogen-bond donors (Lipinski definition) is 3. The second kappa shape index (κ2) is 11.0. The van der Waals surface area contributed by atoms with E-state index in [4.69, 9.17) is 0 Å². The van der Waals surface area contributed by atoms with Crippen LogP contribution in [-0.2, 0) is 4.79 Å². The van der Waals surface area contributed by atoms with Crippen molar-refractivity contribution in [3.8, 4) is 0 Å². The minimum Gasteiger partial charge on any atom is -0.351 e. The Balaban J connectivity index is 1.14. The summed E-state index contributed by atoms with van der Waals surface area (Å²) >= 11 is 2.19. The molecule has 37 heavy (non-hydrogen) atoms. The molecule has 0 saturated heterocycles. The van der Waals surface area contributed by atoms with Gasteiger partial charge in [0.25, 0.3) is 5.91 Å². The number of halogens is 3. The molecule has 2 amide bonds. The smallest absolute Gasteiger partial charge is 0.255 e. The molecule has 0 spiro atoms. The average Bonchev–Trinajstić information content (AvgIpc) is 3.30. The molecule has 3 N–H and O–H groups in total. The molecule has 2 aromatic rings. The summed E-state index contributed by atoms with van der Waals surface area (Å²) in [6, 6.07) is 8.02. The summed E-state index contributed by atoms with van der Waals surface area (Å²) in [6.45, 7) is 0.310. The number of pyridine rings is 1. The summed E-state index contributed by atoms with van der Waals surface area (Å²) in [4.78, 5) is 35.9. The molecule has 3 aliphatic rings. The van der Waals surface area contributed by atoms with Crippen LogP contribution in [0, 0.1) is 9.39 Å². The number of benzene rings is 1. The fraction of sp³-hybridized carbons (Fsp3) is 0.308. The average molecular weight is 618 g/mol. The molecule has 1 unspecified atom stereocenters. The third-order valence-electron chi connectivity index (χ3n) is 6.52. The number of nitrogens with one attached hydrogen (secondary N) is 3. The van der Waals surface area contributed by atoms with Crippen LogP contribution in [0.5, 0.6) is 0 Å². The van der Waals surface area contributed by atoms with E-state index in [1.165, 1.54) is 18.3 Å². The molecule has 1 aliphatic carbocycles. The molecule has 8 nitrogen and oxygen atoms in total. The van der Waals surface area contributed by atoms with Crippen molar-refractivity contribution >= 4 is 51.7 Å². The molecule has 1 saturated carbocycles. The maximum Gasteiger partial charge on any atom is 0.255 e. The summed E-state index contributed by atoms with van der Waals surface area (Å²) in [7, 11) is 0. The Hall–Kier alpha value is -3.35. The fourth-order valence-corrected chi connectivity index (χ4v) is 5.20. The second-order valence-corrected chi connectivity index (χ2v) is 10.5. The molecule has 2 aliphatic heterocycles. The van der Waals surface area contributed by atoms with Crippen molar-refractivity contribution < 1.29 is 18.4 Å². The van der Waals surface area contributed by atoms with Crippen molar-refractivity contribution in [2.24, 2.45) is 4.99 Å². The molecular weight excluding hydrogens is 593 g/mol. The molecular formula is C26H25F2IN6O2. The number of hydrogen-bond acceptors (Lipinski definition) is 6. The molecule has 1 aromatic heterocycles. The molecule has 5 rings (SSSR count). The largest absolute Gasteiger partial charge is 0.351 e. The lowest BCUT2D eigenvalue weighted by Gasteiger charge is -2.30. The van der Waals surface area contributed by atoms with Gasteiger partial charge in [0.15, 0.2) is 0 Å². The minimum atomic E-state index is -0.592. The van der Waals surface area contributed by atoms with Crippen molar-refractivity contribution in [1.29, 1.82) is 0 Å². The van der Waals surface area contributed by atoms with E-state index in [-0.39, 0.29) is 35.2 Å². The number of rotatable bonds is 6. The van der Waals surface area contributed by atoms with Crippen molar-refractivity contribution in [3.63, 3.8) is 0 Å². The number of anilines is 2. The number of amidine groups is 1. The Morgan fingerprint density at radius 3 is 2.54 bits per heavy atom. The summed E-state index contributed by atoms with van der Waals surface area (Å²) in [5, 5.41) is 9.13. The van der Waals surface area contributed by atoms with E-state index < -0.39 is 17.8 Å². The molecule has 1 aromatic carbocycles. The monoisotopic (exact) mass is 618 g/mol. The van der Waals surface area contributed by atoms with E-state index in [2.05, 4.69) is 48.5 Å². The van der Waals surface area contributed by atoms with E-state index in [9.17, 15) is 18.4 Å². The highest BCUT2D eigenvalue weighted by atomic mass is 127. The van der Waals surface area contributed by atoms with Gasteiger partial charge in [-0.15, -0.1) is 0 Å². The summed E-state index contributed by atoms with van der Waals surface area (Å²) in [5.41, 5.74) is 0.877. The van der Waals surface area contributed by atoms with Crippen molar-refractivity contribution in [1.82, 2.24) is 20.5 Å². The van der Waals surface area contributed by atoms with E-state index in [1.807, 2.05) is 24.3 Å². The topological polar surface area (TPSA) is 98.7 Å². The van der Waals surface area contributed by atoms with Crippen LogP contribution >= 0.6 is 22.6 Å². The summed E-state index contributed by atoms with van der Waals surface area (Å²) in [5.74, 6) is -0.693. The fourth-order valence-electron chi connectivity index (χ4n) is 4.66. The number of fused-ring (bicyclic) bond motifs is 1. The maximum absolute atomic E-state index is 14.0. The molecule has 0 bridgehead atoms. The number of amides is 2. The van der Waals surface area contributed by atoms with Crippen LogP contribution in [-0.4, -0.2) is 52.2 Å². The second-order valence-electron chi connectivity index (χ2n) is 9.22. The molecule has 1 fully saturated rings. The first-order valence-corrected chi connectivity index (χ1v) is 13.1. The van der Waals surface area contributed by atoms with Crippen LogP contribution in [0.1, 0.15) is 36.0 Å². The maximum atomic E-state index is 14.0. The normalized spacial score (nSPS) is 22.6. The van der Waals surface area contributed by atoms with Crippen LogP contribution < -0.4 is 16.0 Å². The highest BCUT2D eigenvalue weighted by Crippen LogP contribution is 2.24. The zero-order chi connectivity index (χ0) is 25.9. The van der Waals surface area contributed by atoms with Gasteiger partial charge >= 0.3 is 0 Å². The first-order chi connectivity index (χ1) is 17.8. The Morgan fingerprint density at radius 2 is 1.78 bits per heavy atom. The van der Waals surface area contributed by atoms with Crippen LogP contribution in [0.3, 0.4) is 0 Å². The molecule has 11 heteroatoms. The Bertz CT molecular complexity index is 1310. The highest BCUT2D eigenvalue weighted by molar-refractivity contribution is 14.1. The van der Waals surface area contributed by atoms with E-state index >= 15 is 0 Å². The number of allylic oxidation sites excluding steroid dienone is 2. The minimum absolute atomic E-state index is 0.0325. The zero-order valence-corrected chi connectivity index (χ0v) is 21.9. The van der Waals surface area contributed by atoms with Gasteiger partial charge in [0.05, 0.1) is 18.3 Å². The molecule has 3 heterocycles. The van der Waals surface area contributed by atoms with Crippen molar-refractivity contribution in [2.45, 2.75) is 43.8 Å². The van der Waals surface area contributed by atoms with Crippen LogP contribution in [0.2, 0.25) is 0 Å². The Labute approximate surface area is 226 Å². The lowest BCUT2D eigenvalue weighted by molar-refractivity contribution is -0.123. The van der Waals surface area contributed by atoms with Gasteiger partial charge in [-0.1, -0.05) is 6.07 Å². The van der Waals surface area contributed by atoms with Crippen LogP contribution in [0.4, 0.5) is 20.3 Å². The van der Waals surface area contributed by atoms with Gasteiger partial charge in [0, 0.05) is 27.5 Å². The van der Waals surface area contributed by atoms with Gasteiger partial charge in [-0.25, -0.2) is 13.8 Å². The lowest BCUT2D eigenvalue weighted by Crippen LogP contribution is -2.46. The van der Waals surface area contributed by atoms with E-state index in [1.54, 1.807) is 11.0 Å². The van der Waals surface area contributed by atoms with Gasteiger partial charge in [0.2, 0.25) is 5.91 Å². The third kappa shape index (κ3) is 6.14. The number of carbonyl (C=O) groups excluding carboxylic acids is 2. The lowest BCUT2D eigenvalue weighted by atomic mass is 9.90. The van der Waals surface area contributed by atoms with Crippen LogP contribution in [0.15, 0.2) is 65.7 Å². The van der Waals surface area contributed by atoms with Crippen molar-refractivity contribution in [2.75, 3.05) is 11.9 Å². The van der Waals surface area contributed by atoms with E-state index in [0.717, 1.165) is 15.5 Å². The van der Waals surface area contributed by atoms with Gasteiger partial charge < -0.3 is 20.9 Å². The molecule has 0 radical (unpaired) electrons. The first-order valence-electron chi connectivity index (χ1n) is 12.0. The summed E-state index contributed by atoms with van der Waals surface area (Å²) in [6.07, 6.45) is 8.02. The standard InChI is InChI=1S/C26H25F2IN6O2/c27-15-4-9-23-34-22(14-35(23)13-15)26(37)33-19-7-5-18(6-8-19)32-25(36)21-10-16(28)12-30-24(21)31-20-3-1-2-17(29)11-20/h1-4,9-13,18-19,22H,5-8,14H2,(H,30,31)(H,32,36)(H,33,37)/t18-,19+,22?.